The fraction of sp³-hybridized carbons (Fsp3) is 0.909. The van der Waals surface area contributed by atoms with Crippen molar-refractivity contribution in [1.82, 2.24) is 0 Å². The van der Waals surface area contributed by atoms with Crippen LogP contribution in [0.5, 0.6) is 0 Å². The molecule has 0 saturated heterocycles. The highest BCUT2D eigenvalue weighted by molar-refractivity contribution is 5.78. The molecule has 15 heavy (non-hydrogen) atoms. The van der Waals surface area contributed by atoms with E-state index in [2.05, 4.69) is 0 Å². The summed E-state index contributed by atoms with van der Waals surface area (Å²) in [6, 6.07) is 0. The molecule has 0 aliphatic heterocycles. The van der Waals surface area contributed by atoms with Gasteiger partial charge in [0, 0.05) is 5.41 Å². The van der Waals surface area contributed by atoms with Gasteiger partial charge in [0.2, 0.25) is 0 Å². The Labute approximate surface area is 88.0 Å². The molecule has 2 rings (SSSR count). The van der Waals surface area contributed by atoms with Gasteiger partial charge in [-0.2, -0.15) is 0 Å². The zero-order valence-corrected chi connectivity index (χ0v) is 9.11. The fourth-order valence-electron chi connectivity index (χ4n) is 3.30. The Morgan fingerprint density at radius 3 is 2.13 bits per heavy atom. The lowest BCUT2D eigenvalue weighted by molar-refractivity contribution is -0.152. The number of hydrogen-bond acceptors (Lipinski definition) is 2. The second-order valence-electron chi connectivity index (χ2n) is 5.12. The van der Waals surface area contributed by atoms with Gasteiger partial charge in [0.05, 0.1) is 12.5 Å². The molecule has 2 aliphatic rings. The minimum absolute atomic E-state index is 0.300. The highest BCUT2D eigenvalue weighted by atomic mass is 19.3. The normalized spacial score (nSPS) is 39.5. The van der Waals surface area contributed by atoms with Gasteiger partial charge in [-0.3, -0.25) is 4.79 Å². The van der Waals surface area contributed by atoms with E-state index in [0.717, 1.165) is 6.92 Å². The lowest BCUT2D eigenvalue weighted by atomic mass is 9.78. The SMILES string of the molecule is COC(=O)C12CCC(C(C)(F)F)(CC1)C2. The van der Waals surface area contributed by atoms with Crippen molar-refractivity contribution in [1.29, 1.82) is 0 Å². The van der Waals surface area contributed by atoms with Crippen molar-refractivity contribution in [3.05, 3.63) is 0 Å². The van der Waals surface area contributed by atoms with E-state index in [1.807, 2.05) is 0 Å². The quantitative estimate of drug-likeness (QED) is 0.666. The lowest BCUT2D eigenvalue weighted by Gasteiger charge is -2.32. The van der Waals surface area contributed by atoms with Gasteiger partial charge in [0.15, 0.2) is 0 Å². The van der Waals surface area contributed by atoms with E-state index in [4.69, 9.17) is 4.74 Å². The van der Waals surface area contributed by atoms with E-state index >= 15 is 0 Å². The maximum atomic E-state index is 13.5. The van der Waals surface area contributed by atoms with E-state index < -0.39 is 16.8 Å². The van der Waals surface area contributed by atoms with Crippen LogP contribution < -0.4 is 0 Å². The van der Waals surface area contributed by atoms with Crippen molar-refractivity contribution < 1.29 is 18.3 Å². The Hall–Kier alpha value is -0.670. The number of esters is 1. The smallest absolute Gasteiger partial charge is 0.311 e. The molecule has 2 fully saturated rings. The fourth-order valence-corrected chi connectivity index (χ4v) is 3.30. The van der Waals surface area contributed by atoms with Gasteiger partial charge in [-0.1, -0.05) is 0 Å². The van der Waals surface area contributed by atoms with Crippen LogP contribution in [0.4, 0.5) is 8.78 Å². The zero-order valence-electron chi connectivity index (χ0n) is 9.11. The second-order valence-corrected chi connectivity index (χ2v) is 5.12. The molecule has 2 nitrogen and oxygen atoms in total. The lowest BCUT2D eigenvalue weighted by Crippen LogP contribution is -2.34. The number of ether oxygens (including phenoxy) is 1. The summed E-state index contributed by atoms with van der Waals surface area (Å²) in [6.07, 6.45) is 2.32. The molecule has 0 heterocycles. The molecule has 0 aromatic carbocycles. The maximum Gasteiger partial charge on any atom is 0.311 e. The number of hydrogen-bond donors (Lipinski definition) is 0. The molecule has 86 valence electrons. The first-order chi connectivity index (χ1) is 6.85. The third kappa shape index (κ3) is 1.30. The molecule has 2 bridgehead atoms. The van der Waals surface area contributed by atoms with Gasteiger partial charge in [0.25, 0.3) is 5.92 Å². The monoisotopic (exact) mass is 218 g/mol. The van der Waals surface area contributed by atoms with E-state index in [1.54, 1.807) is 0 Å². The number of methoxy groups -OCH3 is 1. The third-order valence-electron chi connectivity index (χ3n) is 4.39. The topological polar surface area (TPSA) is 26.3 Å². The van der Waals surface area contributed by atoms with E-state index in [9.17, 15) is 13.6 Å². The van der Waals surface area contributed by atoms with Crippen molar-refractivity contribution in [2.75, 3.05) is 7.11 Å². The van der Waals surface area contributed by atoms with Gasteiger partial charge in [0.1, 0.15) is 0 Å². The Bertz CT molecular complexity index is 285. The molecular weight excluding hydrogens is 202 g/mol. The number of carbonyl (C=O) groups excluding carboxylic acids is 1. The Balaban J connectivity index is 2.25. The van der Waals surface area contributed by atoms with E-state index in [0.29, 0.717) is 32.1 Å². The van der Waals surface area contributed by atoms with E-state index in [-0.39, 0.29) is 5.97 Å². The molecular formula is C11H16F2O2. The van der Waals surface area contributed by atoms with Gasteiger partial charge >= 0.3 is 5.97 Å². The summed E-state index contributed by atoms with van der Waals surface area (Å²) in [4.78, 5) is 11.6. The summed E-state index contributed by atoms with van der Waals surface area (Å²) in [5, 5.41) is 0. The molecule has 0 spiro atoms. The average molecular weight is 218 g/mol. The zero-order chi connectivity index (χ0) is 11.3. The maximum absolute atomic E-state index is 13.5. The summed E-state index contributed by atoms with van der Waals surface area (Å²) in [5.74, 6) is -2.98. The Morgan fingerprint density at radius 2 is 1.80 bits per heavy atom. The molecule has 0 unspecified atom stereocenters. The first-order valence-electron chi connectivity index (χ1n) is 5.32. The number of halogens is 2. The van der Waals surface area contributed by atoms with Gasteiger partial charge < -0.3 is 4.74 Å². The van der Waals surface area contributed by atoms with Crippen LogP contribution in [0.1, 0.15) is 39.0 Å². The van der Waals surface area contributed by atoms with Crippen molar-refractivity contribution in [3.8, 4) is 0 Å². The molecule has 0 radical (unpaired) electrons. The largest absolute Gasteiger partial charge is 0.469 e. The Kier molecular flexibility index (Phi) is 2.11. The van der Waals surface area contributed by atoms with Crippen molar-refractivity contribution in [2.24, 2.45) is 10.8 Å². The van der Waals surface area contributed by atoms with Crippen molar-refractivity contribution >= 4 is 5.97 Å². The van der Waals surface area contributed by atoms with Crippen LogP contribution >= 0.6 is 0 Å². The number of alkyl halides is 2. The Morgan fingerprint density at radius 1 is 1.27 bits per heavy atom. The average Bonchev–Trinajstić information content (AvgIpc) is 2.73. The van der Waals surface area contributed by atoms with Crippen molar-refractivity contribution in [2.45, 2.75) is 45.0 Å². The highest BCUT2D eigenvalue weighted by Crippen LogP contribution is 2.66. The summed E-state index contributed by atoms with van der Waals surface area (Å²) < 4.78 is 31.7. The van der Waals surface area contributed by atoms with E-state index in [1.165, 1.54) is 7.11 Å². The standard InChI is InChI=1S/C11H16F2O2/c1-9(12,13)11-5-3-10(7-11,4-6-11)8(14)15-2/h3-7H2,1-2H3. The molecule has 0 atom stereocenters. The van der Waals surface area contributed by atoms with Crippen molar-refractivity contribution in [3.63, 3.8) is 0 Å². The summed E-state index contributed by atoms with van der Waals surface area (Å²) >= 11 is 0. The summed E-state index contributed by atoms with van der Waals surface area (Å²) in [5.41, 5.74) is -1.55. The first-order valence-corrected chi connectivity index (χ1v) is 5.32. The molecule has 0 amide bonds. The van der Waals surface area contributed by atoms with Crippen LogP contribution in [0, 0.1) is 10.8 Å². The van der Waals surface area contributed by atoms with Crippen LogP contribution in [0.25, 0.3) is 0 Å². The minimum atomic E-state index is -2.68. The molecule has 4 heteroatoms. The minimum Gasteiger partial charge on any atom is -0.469 e. The van der Waals surface area contributed by atoms with Gasteiger partial charge in [-0.25, -0.2) is 8.78 Å². The molecule has 2 aliphatic carbocycles. The third-order valence-corrected chi connectivity index (χ3v) is 4.39. The molecule has 2 saturated carbocycles. The van der Waals surface area contributed by atoms with Crippen LogP contribution in [0.3, 0.4) is 0 Å². The van der Waals surface area contributed by atoms with Crippen LogP contribution in [0.2, 0.25) is 0 Å². The molecule has 0 N–H and O–H groups in total. The highest BCUT2D eigenvalue weighted by Gasteiger charge is 2.66. The first kappa shape index (κ1) is 10.8. The van der Waals surface area contributed by atoms with Crippen LogP contribution in [0.15, 0.2) is 0 Å². The summed E-state index contributed by atoms with van der Waals surface area (Å²) in [6.45, 7) is 0.978. The predicted molar refractivity (Wildman–Crippen MR) is 50.6 cm³/mol. The molecule has 0 aromatic heterocycles. The van der Waals surface area contributed by atoms with Crippen LogP contribution in [-0.4, -0.2) is 19.0 Å². The number of carbonyl (C=O) groups is 1. The van der Waals surface area contributed by atoms with Crippen LogP contribution in [-0.2, 0) is 9.53 Å². The van der Waals surface area contributed by atoms with Gasteiger partial charge in [-0.15, -0.1) is 0 Å². The molecule has 0 aromatic rings. The second kappa shape index (κ2) is 2.92. The summed E-state index contributed by atoms with van der Waals surface area (Å²) in [7, 11) is 1.33. The predicted octanol–water partition coefficient (Wildman–Crippen LogP) is 2.77. The van der Waals surface area contributed by atoms with Gasteiger partial charge in [-0.05, 0) is 39.0 Å². The number of rotatable bonds is 2. The number of fused-ring (bicyclic) bond motifs is 2.